The maximum absolute atomic E-state index is 6.14. The van der Waals surface area contributed by atoms with Crippen LogP contribution in [0.3, 0.4) is 0 Å². The van der Waals surface area contributed by atoms with E-state index < -0.39 is 0 Å². The Labute approximate surface area is 174 Å². The molecule has 0 N–H and O–H groups in total. The molecule has 0 bridgehead atoms. The molecule has 2 aromatic carbocycles. The Balaban J connectivity index is 2.71. The monoisotopic (exact) mass is 360 g/mol. The van der Waals surface area contributed by atoms with Gasteiger partial charge in [-0.05, 0) is 0 Å². The third-order valence-electron chi connectivity index (χ3n) is 6.14. The second-order valence-corrected chi connectivity index (χ2v) is 8.74. The summed E-state index contributed by atoms with van der Waals surface area (Å²) in [6, 6.07) is 13.4. The summed E-state index contributed by atoms with van der Waals surface area (Å²) in [5, 5.41) is 0. The minimum absolute atomic E-state index is 0.0350. The first kappa shape index (κ1) is 22.1. The standard InChI is InChI=1S/C24H33O2.Li/c1-8-23(3,4)19-13-10-12-18(16-19)20-14-11-15-21(24(5,6)9-2)22(20)26-17-25-7;/h10-11,13-16H,8-9,17H2,1-7H3;. The summed E-state index contributed by atoms with van der Waals surface area (Å²) < 4.78 is 12.6. The molecule has 0 spiro atoms. The molecule has 0 aliphatic heterocycles. The molecule has 27 heavy (non-hydrogen) atoms. The van der Waals surface area contributed by atoms with Gasteiger partial charge in [-0.15, -0.1) is 0 Å². The zero-order valence-electron chi connectivity index (χ0n) is 18.4. The van der Waals surface area contributed by atoms with E-state index in [0.29, 0.717) is 0 Å². The van der Waals surface area contributed by atoms with Crippen LogP contribution in [0.5, 0.6) is 5.75 Å². The molecule has 2 nitrogen and oxygen atoms in total. The number of benzene rings is 2. The molecule has 0 radical (unpaired) electrons. The van der Waals surface area contributed by atoms with E-state index in [1.165, 1.54) is 20.9 Å². The van der Waals surface area contributed by atoms with E-state index in [1.54, 1.807) is 7.11 Å². The van der Waals surface area contributed by atoms with Gasteiger partial charge in [0.1, 0.15) is 0 Å². The molecule has 2 aromatic rings. The van der Waals surface area contributed by atoms with Crippen molar-refractivity contribution in [2.24, 2.45) is 0 Å². The van der Waals surface area contributed by atoms with Gasteiger partial charge in [0.25, 0.3) is 0 Å². The molecule has 0 unspecified atom stereocenters. The SMILES string of the molecule is [Li][c]1ccc(C(C)(C)CC)cc1-c1cccc(C(C)(C)CC)c1OCOC. The molecule has 0 aliphatic carbocycles. The van der Waals surface area contributed by atoms with Crippen LogP contribution >= 0.6 is 0 Å². The average molecular weight is 360 g/mol. The Morgan fingerprint density at radius 3 is 2.15 bits per heavy atom. The van der Waals surface area contributed by atoms with E-state index in [9.17, 15) is 0 Å². The van der Waals surface area contributed by atoms with Crippen LogP contribution in [0.25, 0.3) is 11.1 Å². The Bertz CT molecular complexity index is 778. The molecular formula is C24H33LiO2. The summed E-state index contributed by atoms with van der Waals surface area (Å²) >= 11 is 2.18. The van der Waals surface area contributed by atoms with Crippen molar-refractivity contribution in [2.45, 2.75) is 65.2 Å². The van der Waals surface area contributed by atoms with E-state index in [1.807, 2.05) is 0 Å². The zero-order chi connectivity index (χ0) is 20.2. The van der Waals surface area contributed by atoms with Crippen LogP contribution in [0.1, 0.15) is 65.5 Å². The fourth-order valence-corrected chi connectivity index (χ4v) is 3.28. The van der Waals surface area contributed by atoms with Crippen LogP contribution in [0.15, 0.2) is 36.4 Å². The molecule has 0 amide bonds. The van der Waals surface area contributed by atoms with E-state index in [0.717, 1.165) is 24.2 Å². The number of hydrogen-bond acceptors (Lipinski definition) is 2. The molecule has 3 heteroatoms. The molecule has 142 valence electrons. The Morgan fingerprint density at radius 1 is 0.889 bits per heavy atom. The maximum atomic E-state index is 6.14. The van der Waals surface area contributed by atoms with Crippen molar-refractivity contribution >= 4 is 22.0 Å². The van der Waals surface area contributed by atoms with Gasteiger partial charge >= 0.3 is 175 Å². The van der Waals surface area contributed by atoms with Gasteiger partial charge in [-0.25, -0.2) is 0 Å². The number of rotatable bonds is 8. The predicted molar refractivity (Wildman–Crippen MR) is 116 cm³/mol. The Kier molecular flexibility index (Phi) is 7.25. The molecule has 0 saturated heterocycles. The van der Waals surface area contributed by atoms with Crippen molar-refractivity contribution in [3.63, 3.8) is 0 Å². The summed E-state index contributed by atoms with van der Waals surface area (Å²) in [6.45, 7) is 13.9. The average Bonchev–Trinajstić information content (AvgIpc) is 2.66. The van der Waals surface area contributed by atoms with Gasteiger partial charge in [0.15, 0.2) is 0 Å². The van der Waals surface area contributed by atoms with Crippen LogP contribution < -0.4 is 8.97 Å². The molecule has 0 aliphatic rings. The van der Waals surface area contributed by atoms with Crippen LogP contribution in [0.2, 0.25) is 0 Å². The van der Waals surface area contributed by atoms with Crippen molar-refractivity contribution in [2.75, 3.05) is 13.9 Å². The number of methoxy groups -OCH3 is 1. The van der Waals surface area contributed by atoms with Gasteiger partial charge in [-0.3, -0.25) is 0 Å². The fourth-order valence-electron chi connectivity index (χ4n) is 3.28. The van der Waals surface area contributed by atoms with E-state index in [2.05, 4.69) is 95.7 Å². The van der Waals surface area contributed by atoms with Gasteiger partial charge in [0.05, 0.1) is 0 Å². The van der Waals surface area contributed by atoms with Crippen LogP contribution in [-0.4, -0.2) is 31.6 Å². The summed E-state index contributed by atoms with van der Waals surface area (Å²) in [6.07, 6.45) is 2.15. The number of hydrogen-bond donors (Lipinski definition) is 0. The molecule has 0 aromatic heterocycles. The summed E-state index contributed by atoms with van der Waals surface area (Å²) in [7, 11) is 1.67. The summed E-state index contributed by atoms with van der Waals surface area (Å²) in [5.74, 6) is 0.945. The first-order valence-electron chi connectivity index (χ1n) is 10.0. The van der Waals surface area contributed by atoms with E-state index in [4.69, 9.17) is 9.47 Å². The van der Waals surface area contributed by atoms with Crippen LogP contribution in [-0.2, 0) is 15.6 Å². The van der Waals surface area contributed by atoms with Crippen LogP contribution in [0, 0.1) is 0 Å². The van der Waals surface area contributed by atoms with Gasteiger partial charge in [-0.1, -0.05) is 0 Å². The van der Waals surface area contributed by atoms with E-state index >= 15 is 0 Å². The van der Waals surface area contributed by atoms with Crippen LogP contribution in [0.4, 0.5) is 0 Å². The molecule has 0 saturated carbocycles. The first-order valence-corrected chi connectivity index (χ1v) is 10.0. The van der Waals surface area contributed by atoms with E-state index in [-0.39, 0.29) is 17.6 Å². The quantitative estimate of drug-likeness (QED) is 0.457. The van der Waals surface area contributed by atoms with Gasteiger partial charge in [-0.2, -0.15) is 0 Å². The van der Waals surface area contributed by atoms with Crippen molar-refractivity contribution in [3.8, 4) is 16.9 Å². The van der Waals surface area contributed by atoms with Gasteiger partial charge < -0.3 is 0 Å². The Hall–Kier alpha value is -1.20. The summed E-state index contributed by atoms with van der Waals surface area (Å²) in [5.41, 5.74) is 5.18. The van der Waals surface area contributed by atoms with Crippen molar-refractivity contribution in [1.29, 1.82) is 0 Å². The second-order valence-electron chi connectivity index (χ2n) is 8.74. The molecular weight excluding hydrogens is 327 g/mol. The first-order chi connectivity index (χ1) is 12.7. The minimum atomic E-state index is 0.0350. The molecule has 0 atom stereocenters. The third-order valence-corrected chi connectivity index (χ3v) is 6.14. The zero-order valence-corrected chi connectivity index (χ0v) is 18.4. The molecule has 2 rings (SSSR count). The molecule has 0 heterocycles. The van der Waals surface area contributed by atoms with Crippen molar-refractivity contribution in [1.82, 2.24) is 0 Å². The Morgan fingerprint density at radius 2 is 1.56 bits per heavy atom. The fraction of sp³-hybridized carbons (Fsp3) is 0.500. The van der Waals surface area contributed by atoms with Gasteiger partial charge in [0.2, 0.25) is 0 Å². The number of para-hydroxylation sites is 1. The third kappa shape index (κ3) is 4.80. The normalized spacial score (nSPS) is 12.3. The number of ether oxygens (including phenoxy) is 2. The van der Waals surface area contributed by atoms with Gasteiger partial charge in [0, 0.05) is 0 Å². The predicted octanol–water partition coefficient (Wildman–Crippen LogP) is 5.51. The van der Waals surface area contributed by atoms with Crippen molar-refractivity contribution in [3.05, 3.63) is 47.5 Å². The molecule has 0 fully saturated rings. The second kappa shape index (κ2) is 8.87. The van der Waals surface area contributed by atoms with Crippen molar-refractivity contribution < 1.29 is 9.47 Å². The topological polar surface area (TPSA) is 18.5 Å². The summed E-state index contributed by atoms with van der Waals surface area (Å²) in [4.78, 5) is 0.